The van der Waals surface area contributed by atoms with Crippen LogP contribution in [0.25, 0.3) is 5.52 Å². The van der Waals surface area contributed by atoms with E-state index in [2.05, 4.69) is 4.98 Å². The zero-order valence-electron chi connectivity index (χ0n) is 11.6. The quantitative estimate of drug-likeness (QED) is 0.947. The maximum atomic E-state index is 11.7. The predicted molar refractivity (Wildman–Crippen MR) is 82.3 cm³/mol. The SMILES string of the molecule is CC(C)(CC1CCc2c(Cl)ccn3cnc1c23)S(N)=O. The van der Waals surface area contributed by atoms with Gasteiger partial charge < -0.3 is 4.40 Å². The molecule has 0 fully saturated rings. The molecule has 2 aromatic heterocycles. The van der Waals surface area contributed by atoms with Crippen molar-refractivity contribution < 1.29 is 4.21 Å². The van der Waals surface area contributed by atoms with Gasteiger partial charge in [-0.25, -0.2) is 9.19 Å². The number of imidazole rings is 1. The molecule has 2 unspecified atom stereocenters. The summed E-state index contributed by atoms with van der Waals surface area (Å²) in [5.74, 6) is 0.286. The second kappa shape index (κ2) is 4.83. The molecule has 0 radical (unpaired) electrons. The highest BCUT2D eigenvalue weighted by Crippen LogP contribution is 2.40. The number of pyridine rings is 1. The molecular weight excluding hydrogens is 294 g/mol. The van der Waals surface area contributed by atoms with E-state index >= 15 is 0 Å². The Kier molecular flexibility index (Phi) is 3.39. The first-order valence-electron chi connectivity index (χ1n) is 6.70. The standard InChI is InChI=1S/C14H18ClN3OS/c1-14(2,20(16)19)7-9-3-4-10-11(15)5-6-18-8-17-12(9)13(10)18/h5-6,8-9H,3-4,7,16H2,1-2H3. The molecule has 1 aliphatic rings. The summed E-state index contributed by atoms with van der Waals surface area (Å²) in [5.41, 5.74) is 3.35. The molecule has 6 heteroatoms. The summed E-state index contributed by atoms with van der Waals surface area (Å²) >= 11 is 6.29. The van der Waals surface area contributed by atoms with Crippen molar-refractivity contribution in [2.45, 2.75) is 43.8 Å². The van der Waals surface area contributed by atoms with Gasteiger partial charge in [0, 0.05) is 17.1 Å². The molecule has 2 heterocycles. The summed E-state index contributed by atoms with van der Waals surface area (Å²) in [6.45, 7) is 3.90. The van der Waals surface area contributed by atoms with E-state index in [1.807, 2.05) is 36.8 Å². The Bertz CT molecular complexity index is 695. The van der Waals surface area contributed by atoms with Crippen molar-refractivity contribution >= 4 is 28.1 Å². The molecule has 0 bridgehead atoms. The molecule has 2 atom stereocenters. The summed E-state index contributed by atoms with van der Waals surface area (Å²) < 4.78 is 13.3. The number of nitrogens with two attached hydrogens (primary N) is 1. The second-order valence-electron chi connectivity index (χ2n) is 6.02. The lowest BCUT2D eigenvalue weighted by Gasteiger charge is -2.29. The predicted octanol–water partition coefficient (Wildman–Crippen LogP) is 2.81. The van der Waals surface area contributed by atoms with Gasteiger partial charge in [0.1, 0.15) is 0 Å². The van der Waals surface area contributed by atoms with Gasteiger partial charge in [-0.1, -0.05) is 11.6 Å². The van der Waals surface area contributed by atoms with Gasteiger partial charge >= 0.3 is 0 Å². The van der Waals surface area contributed by atoms with Crippen molar-refractivity contribution in [2.75, 3.05) is 0 Å². The fourth-order valence-electron chi connectivity index (χ4n) is 3.02. The van der Waals surface area contributed by atoms with E-state index in [-0.39, 0.29) is 5.92 Å². The van der Waals surface area contributed by atoms with E-state index in [1.54, 1.807) is 0 Å². The Balaban J connectivity index is 2.04. The van der Waals surface area contributed by atoms with Crippen LogP contribution < -0.4 is 5.14 Å². The van der Waals surface area contributed by atoms with Crippen LogP contribution in [-0.2, 0) is 17.4 Å². The molecule has 2 aromatic rings. The number of halogens is 1. The van der Waals surface area contributed by atoms with E-state index in [9.17, 15) is 4.21 Å². The van der Waals surface area contributed by atoms with E-state index in [4.69, 9.17) is 16.7 Å². The highest BCUT2D eigenvalue weighted by atomic mass is 35.5. The number of nitrogens with zero attached hydrogens (tertiary/aromatic N) is 2. The molecular formula is C14H18ClN3OS. The van der Waals surface area contributed by atoms with Gasteiger partial charge in [0.25, 0.3) is 0 Å². The van der Waals surface area contributed by atoms with Crippen molar-refractivity contribution in [3.05, 3.63) is 34.9 Å². The van der Waals surface area contributed by atoms with E-state index in [0.29, 0.717) is 0 Å². The Labute approximate surface area is 125 Å². The lowest BCUT2D eigenvalue weighted by molar-refractivity contribution is 0.483. The largest absolute Gasteiger partial charge is 0.306 e. The number of hydrogen-bond donors (Lipinski definition) is 1. The van der Waals surface area contributed by atoms with Crippen LogP contribution in [0.15, 0.2) is 18.6 Å². The third-order valence-electron chi connectivity index (χ3n) is 4.19. The molecule has 4 nitrogen and oxygen atoms in total. The van der Waals surface area contributed by atoms with Gasteiger partial charge in [0.2, 0.25) is 0 Å². The minimum Gasteiger partial charge on any atom is -0.306 e. The van der Waals surface area contributed by atoms with Crippen molar-refractivity contribution in [3.63, 3.8) is 0 Å². The molecule has 0 saturated carbocycles. The summed E-state index contributed by atoms with van der Waals surface area (Å²) in [6, 6.07) is 1.91. The monoisotopic (exact) mass is 311 g/mol. The highest BCUT2D eigenvalue weighted by molar-refractivity contribution is 7.84. The second-order valence-corrected chi connectivity index (χ2v) is 8.13. The number of rotatable bonds is 3. The van der Waals surface area contributed by atoms with Gasteiger partial charge in [-0.3, -0.25) is 5.14 Å². The lowest BCUT2D eigenvalue weighted by Crippen LogP contribution is -2.34. The fraction of sp³-hybridized carbons (Fsp3) is 0.500. The maximum Gasteiger partial charge on any atom is 0.0995 e. The Morgan fingerprint density at radius 1 is 1.60 bits per heavy atom. The maximum absolute atomic E-state index is 11.7. The molecule has 0 aliphatic heterocycles. The minimum atomic E-state index is -1.34. The first-order chi connectivity index (χ1) is 9.40. The van der Waals surface area contributed by atoms with Gasteiger partial charge in [0.15, 0.2) is 0 Å². The lowest BCUT2D eigenvalue weighted by atomic mass is 9.83. The zero-order valence-corrected chi connectivity index (χ0v) is 13.2. The molecule has 0 aromatic carbocycles. The smallest absolute Gasteiger partial charge is 0.0995 e. The van der Waals surface area contributed by atoms with Crippen molar-refractivity contribution in [2.24, 2.45) is 5.14 Å². The number of aryl methyl sites for hydroxylation is 1. The van der Waals surface area contributed by atoms with Crippen molar-refractivity contribution in [1.82, 2.24) is 9.38 Å². The van der Waals surface area contributed by atoms with Crippen LogP contribution in [0.1, 0.15) is 43.9 Å². The summed E-state index contributed by atoms with van der Waals surface area (Å²) in [6.07, 6.45) is 6.44. The summed E-state index contributed by atoms with van der Waals surface area (Å²) in [7, 11) is -1.34. The first kappa shape index (κ1) is 14.0. The van der Waals surface area contributed by atoms with Crippen LogP contribution in [0.5, 0.6) is 0 Å². The molecule has 0 spiro atoms. The summed E-state index contributed by atoms with van der Waals surface area (Å²) in [5, 5.41) is 6.41. The van der Waals surface area contributed by atoms with E-state index in [0.717, 1.165) is 35.5 Å². The van der Waals surface area contributed by atoms with Crippen LogP contribution in [0, 0.1) is 0 Å². The van der Waals surface area contributed by atoms with Gasteiger partial charge in [-0.05, 0) is 44.7 Å². The van der Waals surface area contributed by atoms with Crippen molar-refractivity contribution in [3.8, 4) is 0 Å². The van der Waals surface area contributed by atoms with Crippen LogP contribution in [-0.4, -0.2) is 18.3 Å². The first-order valence-corrected chi connectivity index (χ1v) is 8.29. The van der Waals surface area contributed by atoms with Gasteiger partial charge in [-0.2, -0.15) is 0 Å². The Morgan fingerprint density at radius 3 is 3.05 bits per heavy atom. The number of aromatic nitrogens is 2. The molecule has 1 aliphatic carbocycles. The highest BCUT2D eigenvalue weighted by Gasteiger charge is 2.33. The molecule has 20 heavy (non-hydrogen) atoms. The average Bonchev–Trinajstić information content (AvgIpc) is 2.80. The Morgan fingerprint density at radius 2 is 2.35 bits per heavy atom. The van der Waals surface area contributed by atoms with Gasteiger partial charge in [-0.15, -0.1) is 0 Å². The van der Waals surface area contributed by atoms with Crippen LogP contribution in [0.2, 0.25) is 5.02 Å². The summed E-state index contributed by atoms with van der Waals surface area (Å²) in [4.78, 5) is 4.56. The Hall–Kier alpha value is -0.910. The van der Waals surface area contributed by atoms with Crippen LogP contribution in [0.4, 0.5) is 0 Å². The third kappa shape index (κ3) is 2.18. The van der Waals surface area contributed by atoms with Crippen LogP contribution >= 0.6 is 11.6 Å². The third-order valence-corrected chi connectivity index (χ3v) is 5.80. The van der Waals surface area contributed by atoms with Gasteiger partial charge in [0.05, 0.1) is 33.3 Å². The normalized spacial score (nSPS) is 20.3. The molecule has 108 valence electrons. The topological polar surface area (TPSA) is 60.4 Å². The van der Waals surface area contributed by atoms with Crippen LogP contribution in [0.3, 0.4) is 0 Å². The average molecular weight is 312 g/mol. The molecule has 0 amide bonds. The van der Waals surface area contributed by atoms with E-state index < -0.39 is 15.7 Å². The van der Waals surface area contributed by atoms with E-state index in [1.165, 1.54) is 5.56 Å². The zero-order chi connectivity index (χ0) is 14.5. The molecule has 3 rings (SSSR count). The molecule has 2 N–H and O–H groups in total. The van der Waals surface area contributed by atoms with Crippen molar-refractivity contribution in [1.29, 1.82) is 0 Å². The fourth-order valence-corrected chi connectivity index (χ4v) is 3.63. The molecule has 0 saturated heterocycles. The number of hydrogen-bond acceptors (Lipinski definition) is 2. The minimum absolute atomic E-state index is 0.286.